The quantitative estimate of drug-likeness (QED) is 0.867. The van der Waals surface area contributed by atoms with Gasteiger partial charge >= 0.3 is 0 Å². The zero-order valence-electron chi connectivity index (χ0n) is 9.32. The second-order valence-corrected chi connectivity index (χ2v) is 4.46. The highest BCUT2D eigenvalue weighted by Gasteiger charge is 2.13. The van der Waals surface area contributed by atoms with Crippen LogP contribution in [0.25, 0.3) is 5.82 Å². The second kappa shape index (κ2) is 3.86. The van der Waals surface area contributed by atoms with Crippen LogP contribution in [-0.4, -0.2) is 19.7 Å². The van der Waals surface area contributed by atoms with Crippen LogP contribution in [0.5, 0.6) is 0 Å². The van der Waals surface area contributed by atoms with Crippen molar-refractivity contribution >= 4 is 21.9 Å². The average Bonchev–Trinajstić information content (AvgIpc) is 2.50. The molecule has 2 heterocycles. The predicted octanol–water partition coefficient (Wildman–Crippen LogP) is 1.93. The minimum atomic E-state index is 0.239. The molecule has 2 aromatic heterocycles. The summed E-state index contributed by atoms with van der Waals surface area (Å²) in [5.41, 5.74) is 8.77. The van der Waals surface area contributed by atoms with Crippen LogP contribution >= 0.6 is 15.9 Å². The molecule has 0 saturated heterocycles. The molecular weight excluding hydrogens is 270 g/mol. The summed E-state index contributed by atoms with van der Waals surface area (Å²) in [5, 5.41) is 4.42. The molecule has 2 N–H and O–H groups in total. The first kappa shape index (κ1) is 11.1. The van der Waals surface area contributed by atoms with E-state index in [9.17, 15) is 0 Å². The van der Waals surface area contributed by atoms with Crippen molar-refractivity contribution in [1.29, 1.82) is 0 Å². The van der Waals surface area contributed by atoms with E-state index in [0.717, 1.165) is 21.4 Å². The lowest BCUT2D eigenvalue weighted by atomic mass is 10.2. The molecule has 6 heteroatoms. The molecule has 0 radical (unpaired) electrons. The van der Waals surface area contributed by atoms with Crippen LogP contribution in [0.2, 0.25) is 0 Å². The van der Waals surface area contributed by atoms with Crippen molar-refractivity contribution in [1.82, 2.24) is 19.7 Å². The first-order valence-electron chi connectivity index (χ1n) is 4.82. The summed E-state index contributed by atoms with van der Waals surface area (Å²) in [7, 11) is 0. The van der Waals surface area contributed by atoms with Gasteiger partial charge in [0.05, 0.1) is 10.2 Å². The normalized spacial score (nSPS) is 10.8. The zero-order valence-corrected chi connectivity index (χ0v) is 10.9. The number of halogens is 1. The molecule has 5 nitrogen and oxygen atoms in total. The van der Waals surface area contributed by atoms with Gasteiger partial charge in [-0.05, 0) is 42.3 Å². The summed E-state index contributed by atoms with van der Waals surface area (Å²) in [6.45, 7) is 6.00. The first-order chi connectivity index (χ1) is 7.50. The number of nitrogen functional groups attached to an aromatic ring is 1. The molecule has 0 atom stereocenters. The molecule has 84 valence electrons. The Balaban J connectivity index is 2.67. The van der Waals surface area contributed by atoms with Crippen LogP contribution in [0.3, 0.4) is 0 Å². The van der Waals surface area contributed by atoms with Crippen molar-refractivity contribution in [2.45, 2.75) is 20.8 Å². The smallest absolute Gasteiger partial charge is 0.222 e. The van der Waals surface area contributed by atoms with Gasteiger partial charge in [0.1, 0.15) is 0 Å². The highest BCUT2D eigenvalue weighted by Crippen LogP contribution is 2.22. The third kappa shape index (κ3) is 1.69. The Morgan fingerprint density at radius 3 is 2.56 bits per heavy atom. The van der Waals surface area contributed by atoms with Crippen molar-refractivity contribution < 1.29 is 0 Å². The van der Waals surface area contributed by atoms with Gasteiger partial charge in [-0.25, -0.2) is 9.67 Å². The Labute approximate surface area is 102 Å². The van der Waals surface area contributed by atoms with Gasteiger partial charge in [0.2, 0.25) is 5.95 Å². The molecule has 0 bridgehead atoms. The summed E-state index contributed by atoms with van der Waals surface area (Å²) >= 11 is 3.39. The van der Waals surface area contributed by atoms with Crippen LogP contribution in [0.1, 0.15) is 17.0 Å². The number of hydrogen-bond acceptors (Lipinski definition) is 4. The van der Waals surface area contributed by atoms with Crippen LogP contribution in [0.15, 0.2) is 10.7 Å². The number of aromatic nitrogens is 4. The molecule has 2 aromatic rings. The Morgan fingerprint density at radius 1 is 1.31 bits per heavy atom. The van der Waals surface area contributed by atoms with E-state index in [-0.39, 0.29) is 5.95 Å². The molecule has 16 heavy (non-hydrogen) atoms. The third-order valence-electron chi connectivity index (χ3n) is 2.60. The molecule has 0 amide bonds. The second-order valence-electron chi connectivity index (χ2n) is 3.61. The molecule has 0 fully saturated rings. The first-order valence-corrected chi connectivity index (χ1v) is 5.61. The van der Waals surface area contributed by atoms with E-state index in [4.69, 9.17) is 5.73 Å². The predicted molar refractivity (Wildman–Crippen MR) is 65.5 cm³/mol. The number of nitrogens with zero attached hydrogens (tertiary/aromatic N) is 4. The van der Waals surface area contributed by atoms with Crippen molar-refractivity contribution in [3.63, 3.8) is 0 Å². The summed E-state index contributed by atoms with van der Waals surface area (Å²) in [6.07, 6.45) is 1.63. The maximum absolute atomic E-state index is 5.58. The largest absolute Gasteiger partial charge is 0.368 e. The average molecular weight is 282 g/mol. The fraction of sp³-hybridized carbons (Fsp3) is 0.300. The molecule has 0 saturated carbocycles. The van der Waals surface area contributed by atoms with Crippen LogP contribution in [-0.2, 0) is 0 Å². The Kier molecular flexibility index (Phi) is 2.67. The topological polar surface area (TPSA) is 69.6 Å². The molecular formula is C10H12BrN5. The van der Waals surface area contributed by atoms with E-state index >= 15 is 0 Å². The lowest BCUT2D eigenvalue weighted by Gasteiger charge is -2.06. The Morgan fingerprint density at radius 2 is 2.00 bits per heavy atom. The van der Waals surface area contributed by atoms with Gasteiger partial charge in [-0.3, -0.25) is 0 Å². The molecule has 0 unspecified atom stereocenters. The standard InChI is InChI=1S/C10H12BrN5/c1-5-6(2)15-16(7(5)3)9-8(11)4-13-10(12)14-9/h4H,1-3H3,(H2,12,13,14). The van der Waals surface area contributed by atoms with E-state index in [1.165, 1.54) is 0 Å². The number of aryl methyl sites for hydroxylation is 1. The molecule has 2 rings (SSSR count). The van der Waals surface area contributed by atoms with Gasteiger partial charge in [-0.1, -0.05) is 0 Å². The fourth-order valence-corrected chi connectivity index (χ4v) is 1.81. The van der Waals surface area contributed by atoms with E-state index in [0.29, 0.717) is 5.82 Å². The SMILES string of the molecule is Cc1nn(-c2nc(N)ncc2Br)c(C)c1C. The number of anilines is 1. The van der Waals surface area contributed by atoms with E-state index in [1.54, 1.807) is 10.9 Å². The lowest BCUT2D eigenvalue weighted by Crippen LogP contribution is -2.06. The number of rotatable bonds is 1. The lowest BCUT2D eigenvalue weighted by molar-refractivity contribution is 0.798. The maximum atomic E-state index is 5.58. The monoisotopic (exact) mass is 281 g/mol. The molecule has 0 aromatic carbocycles. The van der Waals surface area contributed by atoms with Crippen LogP contribution in [0, 0.1) is 20.8 Å². The summed E-state index contributed by atoms with van der Waals surface area (Å²) in [4.78, 5) is 8.08. The molecule has 0 aliphatic heterocycles. The van der Waals surface area contributed by atoms with Crippen LogP contribution in [0.4, 0.5) is 5.95 Å². The molecule has 0 aliphatic rings. The Bertz CT molecular complexity index is 546. The van der Waals surface area contributed by atoms with Crippen molar-refractivity contribution in [3.05, 3.63) is 27.6 Å². The van der Waals surface area contributed by atoms with E-state index in [2.05, 4.69) is 31.0 Å². The van der Waals surface area contributed by atoms with Crippen molar-refractivity contribution in [2.24, 2.45) is 0 Å². The van der Waals surface area contributed by atoms with Crippen LogP contribution < -0.4 is 5.73 Å². The van der Waals surface area contributed by atoms with Crippen molar-refractivity contribution in [3.8, 4) is 5.82 Å². The molecule has 0 aliphatic carbocycles. The van der Waals surface area contributed by atoms with Gasteiger partial charge in [-0.2, -0.15) is 10.1 Å². The highest BCUT2D eigenvalue weighted by atomic mass is 79.9. The number of nitrogens with two attached hydrogens (primary N) is 1. The summed E-state index contributed by atoms with van der Waals surface area (Å²) in [6, 6.07) is 0. The number of hydrogen-bond donors (Lipinski definition) is 1. The minimum Gasteiger partial charge on any atom is -0.368 e. The van der Waals surface area contributed by atoms with Gasteiger partial charge < -0.3 is 5.73 Å². The summed E-state index contributed by atoms with van der Waals surface area (Å²) < 4.78 is 2.54. The maximum Gasteiger partial charge on any atom is 0.222 e. The van der Waals surface area contributed by atoms with Gasteiger partial charge in [0.25, 0.3) is 0 Å². The Hall–Kier alpha value is -1.43. The fourth-order valence-electron chi connectivity index (χ4n) is 1.45. The third-order valence-corrected chi connectivity index (χ3v) is 3.16. The molecule has 0 spiro atoms. The van der Waals surface area contributed by atoms with E-state index < -0.39 is 0 Å². The summed E-state index contributed by atoms with van der Waals surface area (Å²) in [5.74, 6) is 0.907. The van der Waals surface area contributed by atoms with Gasteiger partial charge in [0.15, 0.2) is 5.82 Å². The minimum absolute atomic E-state index is 0.239. The van der Waals surface area contributed by atoms with Crippen molar-refractivity contribution in [2.75, 3.05) is 5.73 Å². The van der Waals surface area contributed by atoms with E-state index in [1.807, 2.05) is 20.8 Å². The zero-order chi connectivity index (χ0) is 11.9. The van der Waals surface area contributed by atoms with Gasteiger partial charge in [-0.15, -0.1) is 0 Å². The highest BCUT2D eigenvalue weighted by molar-refractivity contribution is 9.10. The van der Waals surface area contributed by atoms with Gasteiger partial charge in [0, 0.05) is 11.9 Å².